The van der Waals surface area contributed by atoms with E-state index >= 15 is 0 Å². The standard InChI is InChI=1S/C10H11NO2/c1-6-4-3-5-8-9(6)11-10(12)7(2)13-8/h3-5,7H,1-2H3,(H,11,12)/t7-/m0/s1. The van der Waals surface area contributed by atoms with Gasteiger partial charge in [-0.1, -0.05) is 12.1 Å². The molecule has 1 aromatic rings. The number of aryl methyl sites for hydroxylation is 1. The predicted octanol–water partition coefficient (Wildman–Crippen LogP) is 1.71. The second kappa shape index (κ2) is 2.76. The third kappa shape index (κ3) is 1.26. The average Bonchev–Trinajstić information content (AvgIpc) is 2.09. The predicted molar refractivity (Wildman–Crippen MR) is 49.9 cm³/mol. The maximum absolute atomic E-state index is 11.3. The molecule has 13 heavy (non-hydrogen) atoms. The molecule has 1 aromatic carbocycles. The third-order valence-electron chi connectivity index (χ3n) is 2.16. The van der Waals surface area contributed by atoms with Gasteiger partial charge in [0.05, 0.1) is 5.69 Å². The summed E-state index contributed by atoms with van der Waals surface area (Å²) >= 11 is 0. The van der Waals surface area contributed by atoms with Gasteiger partial charge in [-0.05, 0) is 25.5 Å². The molecule has 0 unspecified atom stereocenters. The second-order valence-corrected chi connectivity index (χ2v) is 3.20. The Labute approximate surface area is 76.7 Å². The van der Waals surface area contributed by atoms with Crippen LogP contribution in [0.5, 0.6) is 5.75 Å². The minimum Gasteiger partial charge on any atom is -0.479 e. The Morgan fingerprint density at radius 1 is 1.46 bits per heavy atom. The second-order valence-electron chi connectivity index (χ2n) is 3.20. The van der Waals surface area contributed by atoms with Crippen LogP contribution in [0.25, 0.3) is 0 Å². The van der Waals surface area contributed by atoms with Crippen molar-refractivity contribution in [3.8, 4) is 5.75 Å². The van der Waals surface area contributed by atoms with Crippen LogP contribution >= 0.6 is 0 Å². The van der Waals surface area contributed by atoms with Gasteiger partial charge in [-0.2, -0.15) is 0 Å². The van der Waals surface area contributed by atoms with Crippen LogP contribution in [0.3, 0.4) is 0 Å². The highest BCUT2D eigenvalue weighted by Crippen LogP contribution is 2.31. The highest BCUT2D eigenvalue weighted by molar-refractivity contribution is 5.98. The lowest BCUT2D eigenvalue weighted by Crippen LogP contribution is -2.34. The SMILES string of the molecule is Cc1cccc2c1NC(=O)[C@H](C)O2. The van der Waals surface area contributed by atoms with Gasteiger partial charge in [0.15, 0.2) is 6.10 Å². The van der Waals surface area contributed by atoms with E-state index < -0.39 is 6.10 Å². The fourth-order valence-corrected chi connectivity index (χ4v) is 1.37. The molecule has 3 heteroatoms. The Kier molecular flexibility index (Phi) is 1.72. The van der Waals surface area contributed by atoms with Crippen molar-refractivity contribution in [1.82, 2.24) is 0 Å². The van der Waals surface area contributed by atoms with Crippen LogP contribution in [0.2, 0.25) is 0 Å². The van der Waals surface area contributed by atoms with Gasteiger partial charge in [0, 0.05) is 0 Å². The number of ether oxygens (including phenoxy) is 1. The summed E-state index contributed by atoms with van der Waals surface area (Å²) in [6.45, 7) is 3.68. The first-order chi connectivity index (χ1) is 6.18. The quantitative estimate of drug-likeness (QED) is 0.655. The van der Waals surface area contributed by atoms with Crippen molar-refractivity contribution in [3.63, 3.8) is 0 Å². The van der Waals surface area contributed by atoms with Crippen LogP contribution in [0.15, 0.2) is 18.2 Å². The Morgan fingerprint density at radius 2 is 2.23 bits per heavy atom. The van der Waals surface area contributed by atoms with E-state index in [9.17, 15) is 4.79 Å². The molecule has 0 bridgehead atoms. The van der Waals surface area contributed by atoms with Gasteiger partial charge in [0.1, 0.15) is 5.75 Å². The molecule has 1 aliphatic rings. The Bertz CT molecular complexity index is 360. The Morgan fingerprint density at radius 3 is 3.00 bits per heavy atom. The number of amides is 1. The van der Waals surface area contributed by atoms with Crippen LogP contribution in [0.1, 0.15) is 12.5 Å². The molecule has 0 aromatic heterocycles. The molecule has 0 saturated heterocycles. The summed E-state index contributed by atoms with van der Waals surface area (Å²) in [4.78, 5) is 11.3. The first kappa shape index (κ1) is 8.10. The molecule has 3 nitrogen and oxygen atoms in total. The number of para-hydroxylation sites is 1. The van der Waals surface area contributed by atoms with E-state index in [1.807, 2.05) is 25.1 Å². The maximum Gasteiger partial charge on any atom is 0.265 e. The number of hydrogen-bond acceptors (Lipinski definition) is 2. The average molecular weight is 177 g/mol. The van der Waals surface area contributed by atoms with Crippen molar-refractivity contribution < 1.29 is 9.53 Å². The van der Waals surface area contributed by atoms with Crippen LogP contribution in [-0.2, 0) is 4.79 Å². The highest BCUT2D eigenvalue weighted by Gasteiger charge is 2.23. The number of carbonyl (C=O) groups excluding carboxylic acids is 1. The van der Waals surface area contributed by atoms with Crippen LogP contribution in [0, 0.1) is 6.92 Å². The van der Waals surface area contributed by atoms with E-state index in [1.54, 1.807) is 6.92 Å². The van der Waals surface area contributed by atoms with E-state index in [-0.39, 0.29) is 5.91 Å². The smallest absolute Gasteiger partial charge is 0.265 e. The van der Waals surface area contributed by atoms with Crippen molar-refractivity contribution in [2.45, 2.75) is 20.0 Å². The molecule has 2 rings (SSSR count). The van der Waals surface area contributed by atoms with Crippen molar-refractivity contribution in [3.05, 3.63) is 23.8 Å². The molecule has 1 N–H and O–H groups in total. The minimum absolute atomic E-state index is 0.0817. The number of rotatable bonds is 0. The van der Waals surface area contributed by atoms with Crippen LogP contribution in [0.4, 0.5) is 5.69 Å². The lowest BCUT2D eigenvalue weighted by molar-refractivity contribution is -0.122. The fourth-order valence-electron chi connectivity index (χ4n) is 1.37. The summed E-state index contributed by atoms with van der Waals surface area (Å²) in [5, 5.41) is 2.81. The van der Waals surface area contributed by atoms with E-state index in [2.05, 4.69) is 5.32 Å². The topological polar surface area (TPSA) is 38.3 Å². The molecule has 1 heterocycles. The van der Waals surface area contributed by atoms with Crippen LogP contribution < -0.4 is 10.1 Å². The summed E-state index contributed by atoms with van der Waals surface area (Å²) in [5.41, 5.74) is 1.82. The summed E-state index contributed by atoms with van der Waals surface area (Å²) in [7, 11) is 0. The van der Waals surface area contributed by atoms with Gasteiger partial charge in [0.2, 0.25) is 0 Å². The molecule has 0 aliphatic carbocycles. The zero-order valence-corrected chi connectivity index (χ0v) is 7.63. The van der Waals surface area contributed by atoms with E-state index in [1.165, 1.54) is 0 Å². The number of hydrogen-bond donors (Lipinski definition) is 1. The molecule has 1 aliphatic heterocycles. The number of carbonyl (C=O) groups is 1. The molecule has 1 amide bonds. The molecule has 1 atom stereocenters. The van der Waals surface area contributed by atoms with E-state index in [4.69, 9.17) is 4.74 Å². The molecule has 0 saturated carbocycles. The normalized spacial score (nSPS) is 20.2. The molecule has 0 spiro atoms. The van der Waals surface area contributed by atoms with Gasteiger partial charge >= 0.3 is 0 Å². The first-order valence-electron chi connectivity index (χ1n) is 4.25. The number of benzene rings is 1. The Hall–Kier alpha value is -1.51. The van der Waals surface area contributed by atoms with Crippen molar-refractivity contribution in [2.24, 2.45) is 0 Å². The van der Waals surface area contributed by atoms with E-state index in [0.717, 1.165) is 17.0 Å². The van der Waals surface area contributed by atoms with Crippen molar-refractivity contribution in [1.29, 1.82) is 0 Å². The van der Waals surface area contributed by atoms with Gasteiger partial charge in [-0.15, -0.1) is 0 Å². The van der Waals surface area contributed by atoms with Crippen LogP contribution in [-0.4, -0.2) is 12.0 Å². The van der Waals surface area contributed by atoms with Gasteiger partial charge in [-0.3, -0.25) is 4.79 Å². The number of nitrogens with one attached hydrogen (secondary N) is 1. The van der Waals surface area contributed by atoms with Gasteiger partial charge in [0.25, 0.3) is 5.91 Å². The summed E-state index contributed by atoms with van der Waals surface area (Å²) in [6, 6.07) is 5.72. The fraction of sp³-hybridized carbons (Fsp3) is 0.300. The monoisotopic (exact) mass is 177 g/mol. The lowest BCUT2D eigenvalue weighted by Gasteiger charge is -2.24. The summed E-state index contributed by atoms with van der Waals surface area (Å²) in [5.74, 6) is 0.675. The zero-order valence-electron chi connectivity index (χ0n) is 7.63. The van der Waals surface area contributed by atoms with Gasteiger partial charge < -0.3 is 10.1 Å². The molecular formula is C10H11NO2. The number of anilines is 1. The molecular weight excluding hydrogens is 166 g/mol. The Balaban J connectivity index is 2.48. The van der Waals surface area contributed by atoms with Crippen molar-refractivity contribution in [2.75, 3.05) is 5.32 Å². The lowest BCUT2D eigenvalue weighted by atomic mass is 10.1. The molecule has 0 radical (unpaired) electrons. The molecule has 68 valence electrons. The number of fused-ring (bicyclic) bond motifs is 1. The van der Waals surface area contributed by atoms with Gasteiger partial charge in [-0.25, -0.2) is 0 Å². The molecule has 0 fully saturated rings. The summed E-state index contributed by atoms with van der Waals surface area (Å²) in [6.07, 6.45) is -0.394. The maximum atomic E-state index is 11.3. The zero-order chi connectivity index (χ0) is 9.42. The third-order valence-corrected chi connectivity index (χ3v) is 2.16. The summed E-state index contributed by atoms with van der Waals surface area (Å²) < 4.78 is 5.41. The first-order valence-corrected chi connectivity index (χ1v) is 4.25. The highest BCUT2D eigenvalue weighted by atomic mass is 16.5. The largest absolute Gasteiger partial charge is 0.479 e. The minimum atomic E-state index is -0.394. The van der Waals surface area contributed by atoms with E-state index in [0.29, 0.717) is 0 Å². The van der Waals surface area contributed by atoms with Crippen molar-refractivity contribution >= 4 is 11.6 Å².